The molecular formula is C25H29N9O. The number of hydrogen-bond donors (Lipinski definition) is 1. The Morgan fingerprint density at radius 1 is 1.17 bits per heavy atom. The molecule has 1 amide bonds. The Morgan fingerprint density at radius 2 is 2.00 bits per heavy atom. The predicted octanol–water partition coefficient (Wildman–Crippen LogP) is 2.63. The second-order valence-electron chi connectivity index (χ2n) is 8.93. The van der Waals surface area contributed by atoms with Crippen molar-refractivity contribution in [2.75, 3.05) is 38.6 Å². The summed E-state index contributed by atoms with van der Waals surface area (Å²) in [7, 11) is 3.38. The molecule has 3 aromatic rings. The van der Waals surface area contributed by atoms with Crippen LogP contribution in [0.2, 0.25) is 0 Å². The molecule has 1 atom stereocenters. The Kier molecular flexibility index (Phi) is 7.06. The van der Waals surface area contributed by atoms with Gasteiger partial charge in [0.1, 0.15) is 11.5 Å². The van der Waals surface area contributed by atoms with Crippen molar-refractivity contribution in [3.8, 4) is 6.19 Å². The van der Waals surface area contributed by atoms with Crippen LogP contribution in [0.15, 0.2) is 53.9 Å². The Morgan fingerprint density at radius 3 is 2.69 bits per heavy atom. The lowest BCUT2D eigenvalue weighted by Gasteiger charge is -2.44. The predicted molar refractivity (Wildman–Crippen MR) is 135 cm³/mol. The standard InChI is InChI=1S/C25H29N9O/c1-17(2)22-15-33(23-14-28-21(13-29-23)24(35)32(3)4)11-12-34(22)25(30-16-26)31-20-9-5-8-19-18(20)7-6-10-27-19/h5-10,13-14,17,22H,11-12,15H2,1-4H3,(H,30,31)/t22-/m0/s1. The molecule has 0 bridgehead atoms. The van der Waals surface area contributed by atoms with Gasteiger partial charge in [0.15, 0.2) is 6.19 Å². The fraction of sp³-hybridized carbons (Fsp3) is 0.360. The number of hydrogen-bond acceptors (Lipinski definition) is 7. The highest BCUT2D eigenvalue weighted by Gasteiger charge is 2.32. The van der Waals surface area contributed by atoms with E-state index in [1.165, 1.54) is 11.1 Å². The molecule has 0 spiro atoms. The van der Waals surface area contributed by atoms with Crippen molar-refractivity contribution in [2.24, 2.45) is 10.9 Å². The molecule has 0 radical (unpaired) electrons. The normalized spacial score (nSPS) is 16.3. The molecule has 2 aromatic heterocycles. The van der Waals surface area contributed by atoms with Gasteiger partial charge in [0, 0.05) is 45.3 Å². The van der Waals surface area contributed by atoms with E-state index in [-0.39, 0.29) is 17.9 Å². The molecule has 1 aliphatic heterocycles. The number of aromatic nitrogens is 3. The largest absolute Gasteiger partial charge is 0.351 e. The molecule has 1 aliphatic rings. The third kappa shape index (κ3) is 5.14. The van der Waals surface area contributed by atoms with Gasteiger partial charge in [0.05, 0.1) is 29.6 Å². The zero-order chi connectivity index (χ0) is 24.9. The van der Waals surface area contributed by atoms with Crippen LogP contribution in [0.25, 0.3) is 10.9 Å². The van der Waals surface area contributed by atoms with Crippen LogP contribution in [0.3, 0.4) is 0 Å². The minimum Gasteiger partial charge on any atom is -0.351 e. The number of carbonyl (C=O) groups is 1. The average Bonchev–Trinajstić information content (AvgIpc) is 2.88. The van der Waals surface area contributed by atoms with Crippen molar-refractivity contribution in [2.45, 2.75) is 19.9 Å². The summed E-state index contributed by atoms with van der Waals surface area (Å²) in [6.45, 7) is 6.28. The van der Waals surface area contributed by atoms with Gasteiger partial charge in [-0.1, -0.05) is 19.9 Å². The first-order valence-electron chi connectivity index (χ1n) is 11.5. The molecule has 1 fully saturated rings. The third-order valence-electron chi connectivity index (χ3n) is 6.06. The van der Waals surface area contributed by atoms with Crippen LogP contribution in [0, 0.1) is 17.4 Å². The minimum atomic E-state index is -0.180. The molecule has 4 rings (SSSR count). The highest BCUT2D eigenvalue weighted by molar-refractivity contribution is 5.94. The first kappa shape index (κ1) is 23.9. The molecule has 1 aromatic carbocycles. The molecule has 0 saturated carbocycles. The second-order valence-corrected chi connectivity index (χ2v) is 8.93. The Bertz CT molecular complexity index is 1260. The van der Waals surface area contributed by atoms with Crippen LogP contribution in [0.4, 0.5) is 11.5 Å². The lowest BCUT2D eigenvalue weighted by molar-refractivity contribution is 0.0821. The van der Waals surface area contributed by atoms with Crippen molar-refractivity contribution >= 4 is 34.3 Å². The molecule has 10 nitrogen and oxygen atoms in total. The molecule has 1 saturated heterocycles. The summed E-state index contributed by atoms with van der Waals surface area (Å²) in [5.41, 5.74) is 1.92. The van der Waals surface area contributed by atoms with Crippen LogP contribution >= 0.6 is 0 Å². The maximum absolute atomic E-state index is 12.1. The van der Waals surface area contributed by atoms with Crippen LogP contribution < -0.4 is 10.2 Å². The first-order chi connectivity index (χ1) is 16.9. The number of rotatable bonds is 4. The number of pyridine rings is 1. The molecule has 0 unspecified atom stereocenters. The fourth-order valence-electron chi connectivity index (χ4n) is 4.19. The van der Waals surface area contributed by atoms with Gasteiger partial charge in [0.25, 0.3) is 5.91 Å². The number of benzene rings is 1. The summed E-state index contributed by atoms with van der Waals surface area (Å²) in [5.74, 6) is 1.33. The lowest BCUT2D eigenvalue weighted by Crippen LogP contribution is -2.59. The van der Waals surface area contributed by atoms with E-state index >= 15 is 0 Å². The van der Waals surface area contributed by atoms with Crippen molar-refractivity contribution in [3.05, 3.63) is 54.6 Å². The van der Waals surface area contributed by atoms with Gasteiger partial charge >= 0.3 is 0 Å². The van der Waals surface area contributed by atoms with E-state index in [1.54, 1.807) is 26.5 Å². The number of nitriles is 1. The lowest BCUT2D eigenvalue weighted by atomic mass is 10.00. The van der Waals surface area contributed by atoms with Gasteiger partial charge in [-0.25, -0.2) is 15.0 Å². The number of amides is 1. The van der Waals surface area contributed by atoms with Gasteiger partial charge in [-0.15, -0.1) is 0 Å². The first-order valence-corrected chi connectivity index (χ1v) is 11.5. The molecule has 35 heavy (non-hydrogen) atoms. The Hall–Kier alpha value is -4.26. The summed E-state index contributed by atoms with van der Waals surface area (Å²) in [6, 6.07) is 9.72. The van der Waals surface area contributed by atoms with Crippen LogP contribution in [-0.2, 0) is 0 Å². The highest BCUT2D eigenvalue weighted by Crippen LogP contribution is 2.26. The Balaban J connectivity index is 1.61. The molecule has 1 N–H and O–H groups in total. The zero-order valence-corrected chi connectivity index (χ0v) is 20.4. The topological polar surface area (TPSA) is 114 Å². The van der Waals surface area contributed by atoms with Crippen molar-refractivity contribution in [1.82, 2.24) is 30.1 Å². The summed E-state index contributed by atoms with van der Waals surface area (Å²) >= 11 is 0. The average molecular weight is 472 g/mol. The zero-order valence-electron chi connectivity index (χ0n) is 20.4. The summed E-state index contributed by atoms with van der Waals surface area (Å²) < 4.78 is 0. The quantitative estimate of drug-likeness (QED) is 0.267. The van der Waals surface area contributed by atoms with Gasteiger partial charge < -0.3 is 14.7 Å². The monoisotopic (exact) mass is 471 g/mol. The number of guanidine groups is 1. The third-order valence-corrected chi connectivity index (χ3v) is 6.06. The minimum absolute atomic E-state index is 0.0707. The fourth-order valence-corrected chi connectivity index (χ4v) is 4.19. The van der Waals surface area contributed by atoms with E-state index in [0.717, 1.165) is 22.4 Å². The van der Waals surface area contributed by atoms with E-state index in [9.17, 15) is 10.1 Å². The maximum Gasteiger partial charge on any atom is 0.273 e. The van der Waals surface area contributed by atoms with E-state index < -0.39 is 0 Å². The van der Waals surface area contributed by atoms with Crippen molar-refractivity contribution < 1.29 is 4.79 Å². The number of nitrogens with one attached hydrogen (secondary N) is 1. The molecular weight excluding hydrogens is 442 g/mol. The number of anilines is 1. The highest BCUT2D eigenvalue weighted by atomic mass is 16.2. The van der Waals surface area contributed by atoms with E-state index in [1.807, 2.05) is 30.3 Å². The van der Waals surface area contributed by atoms with Gasteiger partial charge in [-0.2, -0.15) is 5.26 Å². The van der Waals surface area contributed by atoms with Crippen LogP contribution in [-0.4, -0.2) is 76.4 Å². The molecule has 180 valence electrons. The van der Waals surface area contributed by atoms with Crippen molar-refractivity contribution in [3.63, 3.8) is 0 Å². The molecule has 0 aliphatic carbocycles. The van der Waals surface area contributed by atoms with Gasteiger partial charge in [0.2, 0.25) is 5.96 Å². The Labute approximate surface area is 204 Å². The van der Waals surface area contributed by atoms with E-state index in [2.05, 4.69) is 50.1 Å². The number of piperazine rings is 1. The van der Waals surface area contributed by atoms with Gasteiger partial charge in [-0.3, -0.25) is 15.1 Å². The number of nitrogens with zero attached hydrogens (tertiary/aromatic N) is 8. The van der Waals surface area contributed by atoms with Crippen molar-refractivity contribution in [1.29, 1.82) is 5.26 Å². The number of fused-ring (bicyclic) bond motifs is 1. The van der Waals surface area contributed by atoms with E-state index in [4.69, 9.17) is 4.99 Å². The van der Waals surface area contributed by atoms with E-state index in [0.29, 0.717) is 31.3 Å². The summed E-state index contributed by atoms with van der Waals surface area (Å²) in [5, 5.41) is 13.2. The van der Waals surface area contributed by atoms with Gasteiger partial charge in [-0.05, 0) is 30.2 Å². The van der Waals surface area contributed by atoms with Crippen LogP contribution in [0.5, 0.6) is 0 Å². The number of carbonyl (C=O) groups excluding carboxylic acids is 1. The SMILES string of the molecule is CC(C)[C@@H]1CN(c2cnc(C(=O)N(C)C)cn2)CCN1C(=Nc1cccc2ncccc12)NC#N. The second kappa shape index (κ2) is 10.3. The summed E-state index contributed by atoms with van der Waals surface area (Å²) in [4.78, 5) is 36.0. The molecule has 3 heterocycles. The number of aliphatic imine (C=N–C) groups is 1. The smallest absolute Gasteiger partial charge is 0.273 e. The summed E-state index contributed by atoms with van der Waals surface area (Å²) in [6.07, 6.45) is 6.97. The van der Waals surface area contributed by atoms with Crippen LogP contribution in [0.1, 0.15) is 24.3 Å². The molecule has 10 heteroatoms. The maximum atomic E-state index is 12.1.